The van der Waals surface area contributed by atoms with Crippen LogP contribution in [0.2, 0.25) is 20.1 Å². The number of benzene rings is 2. The van der Waals surface area contributed by atoms with Crippen LogP contribution in [0.3, 0.4) is 0 Å². The van der Waals surface area contributed by atoms with E-state index in [1.807, 2.05) is 0 Å². The van der Waals surface area contributed by atoms with Gasteiger partial charge >= 0.3 is 11.4 Å². The van der Waals surface area contributed by atoms with E-state index in [0.29, 0.717) is 60.0 Å². The van der Waals surface area contributed by atoms with Gasteiger partial charge in [0.2, 0.25) is 11.9 Å². The van der Waals surface area contributed by atoms with Crippen LogP contribution >= 0.6 is 46.4 Å². The van der Waals surface area contributed by atoms with Crippen molar-refractivity contribution < 1.29 is 0 Å². The summed E-state index contributed by atoms with van der Waals surface area (Å²) in [6, 6.07) is 9.95. The quantitative estimate of drug-likeness (QED) is 0.212. The second-order valence-electron chi connectivity index (χ2n) is 12.6. The normalized spacial score (nSPS) is 11.4. The number of imidazole rings is 2. The number of aromatic nitrogens is 12. The molecule has 0 atom stereocenters. The largest absolute Gasteiger partial charge is 0.396 e. The first-order valence-corrected chi connectivity index (χ1v) is 17.9. The number of nitrogens with one attached hydrogen (secondary N) is 2. The fraction of sp³-hybridized carbons (Fsp3) is 0.176. The molecule has 0 spiro atoms. The van der Waals surface area contributed by atoms with E-state index in [1.54, 1.807) is 92.3 Å². The maximum Gasteiger partial charge on any atom is 0.332 e. The zero-order chi connectivity index (χ0) is 40.2. The summed E-state index contributed by atoms with van der Waals surface area (Å²) in [7, 11) is 6.51. The van der Waals surface area contributed by atoms with E-state index >= 15 is 0 Å². The first kappa shape index (κ1) is 38.2. The Bertz CT molecular complexity index is 3060. The Kier molecular flexibility index (Phi) is 10.1. The third-order valence-electron chi connectivity index (χ3n) is 8.91. The van der Waals surface area contributed by atoms with Gasteiger partial charge in [-0.3, -0.25) is 33.0 Å². The van der Waals surface area contributed by atoms with Gasteiger partial charge in [0.1, 0.15) is 0 Å². The van der Waals surface area contributed by atoms with Gasteiger partial charge in [0, 0.05) is 34.4 Å². The van der Waals surface area contributed by atoms with Crippen LogP contribution < -0.4 is 33.5 Å². The summed E-state index contributed by atoms with van der Waals surface area (Å²) in [6.07, 6.45) is 6.29. The second-order valence-corrected chi connectivity index (χ2v) is 14.2. The van der Waals surface area contributed by atoms with Crippen LogP contribution in [-0.4, -0.2) is 57.3 Å². The van der Waals surface area contributed by atoms with E-state index in [0.717, 1.165) is 9.13 Å². The summed E-state index contributed by atoms with van der Waals surface area (Å²) in [5, 5.41) is 15.2. The van der Waals surface area contributed by atoms with Gasteiger partial charge in [0.05, 0.1) is 63.1 Å². The van der Waals surface area contributed by atoms with E-state index in [1.165, 1.54) is 20.0 Å². The average molecular weight is 841 g/mol. The number of fused-ring (bicyclic) bond motifs is 2. The van der Waals surface area contributed by atoms with Gasteiger partial charge in [-0.25, -0.2) is 14.3 Å². The highest BCUT2D eigenvalue weighted by Crippen LogP contribution is 2.24. The van der Waals surface area contributed by atoms with Crippen LogP contribution in [0.5, 0.6) is 0 Å². The van der Waals surface area contributed by atoms with Crippen molar-refractivity contribution in [2.45, 2.75) is 13.1 Å². The minimum atomic E-state index is -0.492. The number of nitrogen functional groups attached to an aromatic ring is 1. The van der Waals surface area contributed by atoms with Crippen LogP contribution in [-0.2, 0) is 41.3 Å². The molecule has 4 N–H and O–H groups in total. The Morgan fingerprint density at radius 2 is 1.23 bits per heavy atom. The molecule has 0 amide bonds. The molecule has 0 unspecified atom stereocenters. The smallest absolute Gasteiger partial charge is 0.332 e. The summed E-state index contributed by atoms with van der Waals surface area (Å²) in [5.74, 6) is 0.780. The summed E-state index contributed by atoms with van der Waals surface area (Å²) in [4.78, 5) is 60.6. The maximum atomic E-state index is 13.1. The van der Waals surface area contributed by atoms with E-state index in [9.17, 15) is 19.2 Å². The monoisotopic (exact) mass is 838 g/mol. The second kappa shape index (κ2) is 14.9. The zero-order valence-electron chi connectivity index (χ0n) is 29.8. The lowest BCUT2D eigenvalue weighted by Gasteiger charge is -2.09. The lowest BCUT2D eigenvalue weighted by molar-refractivity contribution is 0.655. The van der Waals surface area contributed by atoms with Gasteiger partial charge < -0.3 is 20.2 Å². The number of halogens is 4. The topological polar surface area (TPSA) is 208 Å². The van der Waals surface area contributed by atoms with Crippen molar-refractivity contribution in [3.05, 3.63) is 134 Å². The van der Waals surface area contributed by atoms with Crippen molar-refractivity contribution in [2.75, 3.05) is 11.1 Å². The third kappa shape index (κ3) is 6.87. The van der Waals surface area contributed by atoms with E-state index in [2.05, 4.69) is 30.6 Å². The first-order chi connectivity index (χ1) is 26.6. The summed E-state index contributed by atoms with van der Waals surface area (Å²) in [6.45, 7) is 0.113. The summed E-state index contributed by atoms with van der Waals surface area (Å²) in [5.41, 5.74) is 7.45. The Hall–Kier alpha value is -6.08. The Balaban J connectivity index is 0.000000172. The molecule has 0 fully saturated rings. The summed E-state index contributed by atoms with van der Waals surface area (Å²) >= 11 is 24.0. The predicted molar refractivity (Wildman–Crippen MR) is 215 cm³/mol. The number of nitrogens with two attached hydrogens (primary N) is 1. The molecular weight excluding hydrogens is 810 g/mol. The van der Waals surface area contributed by atoms with Crippen LogP contribution in [0.4, 0.5) is 17.3 Å². The van der Waals surface area contributed by atoms with Gasteiger partial charge in [0.15, 0.2) is 22.3 Å². The molecule has 0 saturated carbocycles. The molecule has 8 aromatic rings. The predicted octanol–water partition coefficient (Wildman–Crippen LogP) is 3.81. The van der Waals surface area contributed by atoms with Crippen LogP contribution in [0.15, 0.2) is 80.4 Å². The minimum Gasteiger partial charge on any atom is -0.396 e. The molecule has 6 heterocycles. The lowest BCUT2D eigenvalue weighted by atomic mass is 10.2. The number of hydrogen-bond acceptors (Lipinski definition) is 10. The van der Waals surface area contributed by atoms with Crippen molar-refractivity contribution in [1.82, 2.24) is 57.3 Å². The standard InChI is InChI=1S/2C17H15Cl2N7O2/c1-24-13-14(23-16(24)22-10-6-20-21-7-10)25(2)17(28)26(15(13)27)8-9-3-4-11(18)12(19)5-9;1-23-13-14(22-16(23)26-8-10(20)6-21-26)24(2)17(28)25(15(13)27)7-9-3-4-11(18)12(19)5-9/h3-7H,8H2,1-2H3,(H,20,21)(H,22,23);3-6,8H,7,20H2,1-2H3. The molecule has 0 bridgehead atoms. The molecule has 288 valence electrons. The molecule has 8 rings (SSSR count). The SMILES string of the molecule is Cn1c(-n2cc(N)cn2)nc2c1c(=O)n(Cc1ccc(Cl)c(Cl)c1)c(=O)n2C.Cn1c(Nc2cn[nH]c2)nc2c1c(=O)n(Cc1ccc(Cl)c(Cl)c1)c(=O)n2C. The van der Waals surface area contributed by atoms with Crippen molar-refractivity contribution in [3.63, 3.8) is 0 Å². The molecular formula is C34H30Cl4N14O4. The van der Waals surface area contributed by atoms with Crippen LogP contribution in [0, 0.1) is 0 Å². The third-order valence-corrected chi connectivity index (χ3v) is 10.4. The van der Waals surface area contributed by atoms with Crippen molar-refractivity contribution in [2.24, 2.45) is 28.2 Å². The highest BCUT2D eigenvalue weighted by atomic mass is 35.5. The molecule has 18 nitrogen and oxygen atoms in total. The Morgan fingerprint density at radius 1 is 0.696 bits per heavy atom. The van der Waals surface area contributed by atoms with Gasteiger partial charge in [-0.1, -0.05) is 58.5 Å². The lowest BCUT2D eigenvalue weighted by Crippen LogP contribution is -2.39. The molecule has 0 aliphatic rings. The van der Waals surface area contributed by atoms with Crippen LogP contribution in [0.25, 0.3) is 28.3 Å². The number of nitrogens with zero attached hydrogens (tertiary/aromatic N) is 11. The highest BCUT2D eigenvalue weighted by molar-refractivity contribution is 6.42. The summed E-state index contributed by atoms with van der Waals surface area (Å²) < 4.78 is 9.57. The molecule has 6 aromatic heterocycles. The number of aromatic amines is 1. The van der Waals surface area contributed by atoms with Crippen LogP contribution in [0.1, 0.15) is 11.1 Å². The van der Waals surface area contributed by atoms with Gasteiger partial charge in [0.25, 0.3) is 11.1 Å². The van der Waals surface area contributed by atoms with Gasteiger partial charge in [-0.05, 0) is 35.4 Å². The fourth-order valence-corrected chi connectivity index (χ4v) is 6.65. The number of aryl methyl sites for hydroxylation is 4. The number of rotatable bonds is 7. The zero-order valence-corrected chi connectivity index (χ0v) is 32.9. The Labute approximate surface area is 334 Å². The molecule has 0 saturated heterocycles. The maximum absolute atomic E-state index is 13.1. The fourth-order valence-electron chi connectivity index (χ4n) is 6.01. The molecule has 0 radical (unpaired) electrons. The average Bonchev–Trinajstić information content (AvgIpc) is 3.98. The molecule has 0 aliphatic heterocycles. The van der Waals surface area contributed by atoms with E-state index in [-0.39, 0.29) is 29.9 Å². The van der Waals surface area contributed by atoms with E-state index in [4.69, 9.17) is 52.1 Å². The van der Waals surface area contributed by atoms with Crippen molar-refractivity contribution >= 4 is 86.1 Å². The van der Waals surface area contributed by atoms with Crippen molar-refractivity contribution in [1.29, 1.82) is 0 Å². The number of anilines is 3. The Morgan fingerprint density at radius 3 is 1.71 bits per heavy atom. The van der Waals surface area contributed by atoms with Crippen molar-refractivity contribution in [3.8, 4) is 5.95 Å². The molecule has 22 heteroatoms. The minimum absolute atomic E-state index is 0.0492. The number of H-pyrrole nitrogens is 1. The molecule has 2 aromatic carbocycles. The number of hydrogen-bond donors (Lipinski definition) is 3. The molecule has 56 heavy (non-hydrogen) atoms. The highest BCUT2D eigenvalue weighted by Gasteiger charge is 2.21. The first-order valence-electron chi connectivity index (χ1n) is 16.4. The van der Waals surface area contributed by atoms with Gasteiger partial charge in [-0.2, -0.15) is 20.2 Å². The van der Waals surface area contributed by atoms with Gasteiger partial charge in [-0.15, -0.1) is 0 Å². The molecule has 0 aliphatic carbocycles. The van der Waals surface area contributed by atoms with E-state index < -0.39 is 22.5 Å².